The molecule has 19 heavy (non-hydrogen) atoms. The van der Waals surface area contributed by atoms with Gasteiger partial charge in [-0.15, -0.1) is 0 Å². The summed E-state index contributed by atoms with van der Waals surface area (Å²) in [6.45, 7) is 2.39. The number of hydrogen-bond acceptors (Lipinski definition) is 4. The SMILES string of the molecule is CCOC(=O)CCCNc1cc(C(F)(F)F)ccn1. The van der Waals surface area contributed by atoms with E-state index in [-0.39, 0.29) is 18.2 Å². The van der Waals surface area contributed by atoms with Crippen molar-refractivity contribution < 1.29 is 22.7 Å². The molecule has 0 aliphatic rings. The molecule has 0 atom stereocenters. The molecule has 0 radical (unpaired) electrons. The zero-order chi connectivity index (χ0) is 14.3. The minimum Gasteiger partial charge on any atom is -0.466 e. The lowest BCUT2D eigenvalue weighted by atomic mass is 10.2. The van der Waals surface area contributed by atoms with E-state index in [4.69, 9.17) is 4.74 Å². The third kappa shape index (κ3) is 5.58. The van der Waals surface area contributed by atoms with Crippen LogP contribution in [0, 0.1) is 0 Å². The van der Waals surface area contributed by atoms with Crippen LogP contribution in [0.25, 0.3) is 0 Å². The van der Waals surface area contributed by atoms with Crippen LogP contribution < -0.4 is 5.32 Å². The number of halogens is 3. The molecule has 0 bridgehead atoms. The first kappa shape index (κ1) is 15.3. The molecule has 1 aromatic rings. The Morgan fingerprint density at radius 1 is 1.47 bits per heavy atom. The molecule has 106 valence electrons. The average Bonchev–Trinajstić information content (AvgIpc) is 2.34. The molecular formula is C12H15F3N2O2. The third-order valence-corrected chi connectivity index (χ3v) is 2.26. The number of aromatic nitrogens is 1. The van der Waals surface area contributed by atoms with Crippen LogP contribution in [0.15, 0.2) is 18.3 Å². The molecule has 0 aliphatic heterocycles. The molecule has 4 nitrogen and oxygen atoms in total. The normalized spacial score (nSPS) is 11.2. The van der Waals surface area contributed by atoms with Gasteiger partial charge in [0.1, 0.15) is 5.82 Å². The average molecular weight is 276 g/mol. The molecule has 1 aromatic heterocycles. The fourth-order valence-corrected chi connectivity index (χ4v) is 1.39. The molecule has 0 amide bonds. The predicted molar refractivity (Wildman–Crippen MR) is 63.6 cm³/mol. The Morgan fingerprint density at radius 2 is 2.21 bits per heavy atom. The monoisotopic (exact) mass is 276 g/mol. The number of anilines is 1. The van der Waals surface area contributed by atoms with Gasteiger partial charge in [-0.3, -0.25) is 4.79 Å². The number of carbonyl (C=O) groups is 1. The topological polar surface area (TPSA) is 51.2 Å². The predicted octanol–water partition coefficient (Wildman–Crippen LogP) is 2.86. The summed E-state index contributed by atoms with van der Waals surface area (Å²) in [4.78, 5) is 14.8. The van der Waals surface area contributed by atoms with Gasteiger partial charge in [0, 0.05) is 19.2 Å². The maximum Gasteiger partial charge on any atom is 0.416 e. The van der Waals surface area contributed by atoms with Crippen molar-refractivity contribution in [1.29, 1.82) is 0 Å². The Labute approximate surface area is 109 Å². The highest BCUT2D eigenvalue weighted by Crippen LogP contribution is 2.29. The van der Waals surface area contributed by atoms with Crippen molar-refractivity contribution in [1.82, 2.24) is 4.98 Å². The zero-order valence-corrected chi connectivity index (χ0v) is 10.5. The summed E-state index contributed by atoms with van der Waals surface area (Å²) in [5, 5.41) is 2.74. The number of pyridine rings is 1. The van der Waals surface area contributed by atoms with Crippen molar-refractivity contribution in [3.63, 3.8) is 0 Å². The maximum atomic E-state index is 12.4. The lowest BCUT2D eigenvalue weighted by Gasteiger charge is -2.09. The van der Waals surface area contributed by atoms with Crippen molar-refractivity contribution in [3.8, 4) is 0 Å². The van der Waals surface area contributed by atoms with Crippen molar-refractivity contribution in [3.05, 3.63) is 23.9 Å². The summed E-state index contributed by atoms with van der Waals surface area (Å²) in [7, 11) is 0. The van der Waals surface area contributed by atoms with Gasteiger partial charge in [-0.05, 0) is 25.5 Å². The quantitative estimate of drug-likeness (QED) is 0.641. The van der Waals surface area contributed by atoms with E-state index < -0.39 is 11.7 Å². The number of alkyl halides is 3. The Bertz CT molecular complexity index is 422. The number of nitrogens with one attached hydrogen (secondary N) is 1. The van der Waals surface area contributed by atoms with Crippen LogP contribution in [-0.4, -0.2) is 24.1 Å². The second-order valence-electron chi connectivity index (χ2n) is 3.76. The number of nitrogens with zero attached hydrogens (tertiary/aromatic N) is 1. The zero-order valence-electron chi connectivity index (χ0n) is 10.5. The molecule has 0 saturated heterocycles. The van der Waals surface area contributed by atoms with Gasteiger partial charge < -0.3 is 10.1 Å². The van der Waals surface area contributed by atoms with Gasteiger partial charge in [-0.1, -0.05) is 0 Å². The smallest absolute Gasteiger partial charge is 0.416 e. The minimum absolute atomic E-state index is 0.138. The molecular weight excluding hydrogens is 261 g/mol. The maximum absolute atomic E-state index is 12.4. The Hall–Kier alpha value is -1.79. The molecule has 1 rings (SSSR count). The molecule has 0 fully saturated rings. The van der Waals surface area contributed by atoms with Crippen molar-refractivity contribution in [2.24, 2.45) is 0 Å². The van der Waals surface area contributed by atoms with E-state index in [1.165, 1.54) is 0 Å². The number of carbonyl (C=O) groups excluding carboxylic acids is 1. The summed E-state index contributed by atoms with van der Waals surface area (Å²) in [5.74, 6) is -0.181. The molecule has 0 unspecified atom stereocenters. The van der Waals surface area contributed by atoms with Crippen LogP contribution in [0.1, 0.15) is 25.3 Å². The highest BCUT2D eigenvalue weighted by molar-refractivity contribution is 5.69. The van der Waals surface area contributed by atoms with Gasteiger partial charge >= 0.3 is 12.1 Å². The molecule has 0 aliphatic carbocycles. The Morgan fingerprint density at radius 3 is 2.84 bits per heavy atom. The second-order valence-corrected chi connectivity index (χ2v) is 3.76. The largest absolute Gasteiger partial charge is 0.466 e. The second kappa shape index (κ2) is 6.96. The molecule has 0 saturated carbocycles. The fourth-order valence-electron chi connectivity index (χ4n) is 1.39. The van der Waals surface area contributed by atoms with Crippen LogP contribution >= 0.6 is 0 Å². The van der Waals surface area contributed by atoms with E-state index in [0.29, 0.717) is 19.6 Å². The standard InChI is InChI=1S/C12H15F3N2O2/c1-2-19-11(18)4-3-6-16-10-8-9(5-7-17-10)12(13,14)15/h5,7-8H,2-4,6H2,1H3,(H,16,17). The van der Waals surface area contributed by atoms with Crippen LogP contribution in [0.2, 0.25) is 0 Å². The molecule has 0 spiro atoms. The number of hydrogen-bond donors (Lipinski definition) is 1. The number of rotatable bonds is 6. The summed E-state index contributed by atoms with van der Waals surface area (Å²) in [6.07, 6.45) is -2.60. The van der Waals surface area contributed by atoms with Gasteiger partial charge in [0.25, 0.3) is 0 Å². The van der Waals surface area contributed by atoms with E-state index >= 15 is 0 Å². The summed E-state index contributed by atoms with van der Waals surface area (Å²) in [5.41, 5.74) is -0.754. The molecule has 1 N–H and O–H groups in total. The summed E-state index contributed by atoms with van der Waals surface area (Å²) in [6, 6.07) is 1.84. The van der Waals surface area contributed by atoms with Crippen LogP contribution in [0.3, 0.4) is 0 Å². The first-order valence-electron chi connectivity index (χ1n) is 5.86. The highest BCUT2D eigenvalue weighted by Gasteiger charge is 2.30. The van der Waals surface area contributed by atoms with Gasteiger partial charge in [0.15, 0.2) is 0 Å². The van der Waals surface area contributed by atoms with E-state index in [9.17, 15) is 18.0 Å². The fraction of sp³-hybridized carbons (Fsp3) is 0.500. The summed E-state index contributed by atoms with van der Waals surface area (Å²) < 4.78 is 42.0. The van der Waals surface area contributed by atoms with Gasteiger partial charge in [-0.25, -0.2) is 4.98 Å². The lowest BCUT2D eigenvalue weighted by Crippen LogP contribution is -2.10. The van der Waals surface area contributed by atoms with Crippen molar-refractivity contribution in [2.45, 2.75) is 25.9 Å². The van der Waals surface area contributed by atoms with E-state index in [1.807, 2.05) is 0 Å². The Kier molecular flexibility index (Phi) is 5.59. The van der Waals surface area contributed by atoms with Gasteiger partial charge in [0.2, 0.25) is 0 Å². The molecule has 7 heteroatoms. The van der Waals surface area contributed by atoms with E-state index in [2.05, 4.69) is 10.3 Å². The lowest BCUT2D eigenvalue weighted by molar-refractivity contribution is -0.143. The van der Waals surface area contributed by atoms with Crippen LogP contribution in [0.5, 0.6) is 0 Å². The molecule has 0 aromatic carbocycles. The Balaban J connectivity index is 2.40. The first-order chi connectivity index (χ1) is 8.93. The summed E-state index contributed by atoms with van der Waals surface area (Å²) >= 11 is 0. The first-order valence-corrected chi connectivity index (χ1v) is 5.86. The molecule has 1 heterocycles. The number of ether oxygens (including phenoxy) is 1. The van der Waals surface area contributed by atoms with Crippen molar-refractivity contribution >= 4 is 11.8 Å². The minimum atomic E-state index is -4.38. The van der Waals surface area contributed by atoms with Gasteiger partial charge in [0.05, 0.1) is 12.2 Å². The van der Waals surface area contributed by atoms with Crippen molar-refractivity contribution in [2.75, 3.05) is 18.5 Å². The van der Waals surface area contributed by atoms with Crippen LogP contribution in [0.4, 0.5) is 19.0 Å². The third-order valence-electron chi connectivity index (χ3n) is 2.26. The van der Waals surface area contributed by atoms with E-state index in [1.54, 1.807) is 6.92 Å². The van der Waals surface area contributed by atoms with Crippen LogP contribution in [-0.2, 0) is 15.7 Å². The number of esters is 1. The highest BCUT2D eigenvalue weighted by atomic mass is 19.4. The van der Waals surface area contributed by atoms with Gasteiger partial charge in [-0.2, -0.15) is 13.2 Å². The van der Waals surface area contributed by atoms with E-state index in [0.717, 1.165) is 18.3 Å².